The largest absolute Gasteiger partial charge is 0.324 e. The molecule has 0 saturated heterocycles. The van der Waals surface area contributed by atoms with E-state index in [9.17, 15) is 9.59 Å². The molecular weight excluding hydrogens is 340 g/mol. The minimum atomic E-state index is -0.266. The summed E-state index contributed by atoms with van der Waals surface area (Å²) >= 11 is 0. The maximum Gasteiger partial charge on any atom is 0.258 e. The molecule has 2 N–H and O–H groups in total. The minimum Gasteiger partial charge on any atom is -0.324 e. The first kappa shape index (κ1) is 18.3. The SMILES string of the molecule is CC(=O)c1cccc(Nc2ncc(C(=O)Nc3c(C)cccc3C)cn2)c1. The predicted octanol–water partition coefficient (Wildman–Crippen LogP) is 4.29. The fourth-order valence-corrected chi connectivity index (χ4v) is 2.65. The molecule has 0 unspecified atom stereocenters. The van der Waals surface area contributed by atoms with Crippen molar-refractivity contribution in [2.75, 3.05) is 10.6 Å². The lowest BCUT2D eigenvalue weighted by Crippen LogP contribution is -2.14. The molecule has 1 aromatic heterocycles. The van der Waals surface area contributed by atoms with Crippen molar-refractivity contribution in [3.05, 3.63) is 77.1 Å². The van der Waals surface area contributed by atoms with E-state index in [0.29, 0.717) is 22.8 Å². The summed E-state index contributed by atoms with van der Waals surface area (Å²) in [6.07, 6.45) is 2.93. The third kappa shape index (κ3) is 4.36. The van der Waals surface area contributed by atoms with Gasteiger partial charge in [0.2, 0.25) is 5.95 Å². The highest BCUT2D eigenvalue weighted by Crippen LogP contribution is 2.20. The summed E-state index contributed by atoms with van der Waals surface area (Å²) in [6.45, 7) is 5.40. The van der Waals surface area contributed by atoms with Crippen molar-refractivity contribution in [2.45, 2.75) is 20.8 Å². The van der Waals surface area contributed by atoms with Crippen LogP contribution in [0.3, 0.4) is 0 Å². The van der Waals surface area contributed by atoms with E-state index in [2.05, 4.69) is 20.6 Å². The highest BCUT2D eigenvalue weighted by atomic mass is 16.1. The van der Waals surface area contributed by atoms with Crippen LogP contribution in [0.4, 0.5) is 17.3 Å². The Bertz CT molecular complexity index is 977. The summed E-state index contributed by atoms with van der Waals surface area (Å²) in [5, 5.41) is 5.93. The van der Waals surface area contributed by atoms with Crippen molar-refractivity contribution < 1.29 is 9.59 Å². The van der Waals surface area contributed by atoms with Crippen LogP contribution in [-0.2, 0) is 0 Å². The Morgan fingerprint density at radius 2 is 1.52 bits per heavy atom. The molecule has 6 heteroatoms. The number of para-hydroxylation sites is 1. The monoisotopic (exact) mass is 360 g/mol. The van der Waals surface area contributed by atoms with Crippen molar-refractivity contribution in [1.82, 2.24) is 9.97 Å². The van der Waals surface area contributed by atoms with Gasteiger partial charge in [0.1, 0.15) is 0 Å². The summed E-state index contributed by atoms with van der Waals surface area (Å²) in [4.78, 5) is 32.3. The van der Waals surface area contributed by atoms with Gasteiger partial charge in [-0.25, -0.2) is 9.97 Å². The summed E-state index contributed by atoms with van der Waals surface area (Å²) < 4.78 is 0. The second-order valence-corrected chi connectivity index (χ2v) is 6.28. The smallest absolute Gasteiger partial charge is 0.258 e. The lowest BCUT2D eigenvalue weighted by atomic mass is 10.1. The summed E-state index contributed by atoms with van der Waals surface area (Å²) in [6, 6.07) is 12.9. The van der Waals surface area contributed by atoms with Crippen LogP contribution in [0.2, 0.25) is 0 Å². The van der Waals surface area contributed by atoms with Gasteiger partial charge in [0, 0.05) is 29.3 Å². The maximum absolute atomic E-state index is 12.5. The van der Waals surface area contributed by atoms with Gasteiger partial charge in [-0.2, -0.15) is 0 Å². The first-order valence-electron chi connectivity index (χ1n) is 8.51. The number of nitrogens with zero attached hydrogens (tertiary/aromatic N) is 2. The first-order chi connectivity index (χ1) is 12.9. The van der Waals surface area contributed by atoms with Crippen LogP contribution < -0.4 is 10.6 Å². The van der Waals surface area contributed by atoms with Gasteiger partial charge in [-0.1, -0.05) is 30.3 Å². The molecule has 1 heterocycles. The lowest BCUT2D eigenvalue weighted by Gasteiger charge is -2.11. The van der Waals surface area contributed by atoms with E-state index in [1.54, 1.807) is 18.2 Å². The Morgan fingerprint density at radius 1 is 0.889 bits per heavy atom. The zero-order chi connectivity index (χ0) is 19.4. The van der Waals surface area contributed by atoms with Crippen LogP contribution >= 0.6 is 0 Å². The number of carbonyl (C=O) groups excluding carboxylic acids is 2. The average Bonchev–Trinajstić information content (AvgIpc) is 2.65. The highest BCUT2D eigenvalue weighted by Gasteiger charge is 2.11. The zero-order valence-corrected chi connectivity index (χ0v) is 15.4. The van der Waals surface area contributed by atoms with E-state index in [-0.39, 0.29) is 11.7 Å². The van der Waals surface area contributed by atoms with Crippen LogP contribution in [0.15, 0.2) is 54.9 Å². The molecule has 0 bridgehead atoms. The highest BCUT2D eigenvalue weighted by molar-refractivity contribution is 6.04. The van der Waals surface area contributed by atoms with Crippen molar-refractivity contribution in [1.29, 1.82) is 0 Å². The number of hydrogen-bond donors (Lipinski definition) is 2. The summed E-state index contributed by atoms with van der Waals surface area (Å²) in [5.74, 6) is 0.0648. The summed E-state index contributed by atoms with van der Waals surface area (Å²) in [5.41, 5.74) is 4.45. The molecule has 0 fully saturated rings. The van der Waals surface area contributed by atoms with Crippen LogP contribution in [0.5, 0.6) is 0 Å². The van der Waals surface area contributed by atoms with Gasteiger partial charge < -0.3 is 10.6 Å². The van der Waals surface area contributed by atoms with Gasteiger partial charge in [0.15, 0.2) is 5.78 Å². The topological polar surface area (TPSA) is 84.0 Å². The molecule has 6 nitrogen and oxygen atoms in total. The molecular formula is C21H20N4O2. The number of hydrogen-bond acceptors (Lipinski definition) is 5. The summed E-state index contributed by atoms with van der Waals surface area (Å²) in [7, 11) is 0. The van der Waals surface area contributed by atoms with Gasteiger partial charge in [-0.05, 0) is 44.0 Å². The quantitative estimate of drug-likeness (QED) is 0.663. The molecule has 3 aromatic rings. The standard InChI is InChI=1S/C21H20N4O2/c1-13-6-4-7-14(2)19(13)25-20(27)17-11-22-21(23-12-17)24-18-9-5-8-16(10-18)15(3)26/h4-12H,1-3H3,(H,25,27)(H,22,23,24). The molecule has 0 atom stereocenters. The van der Waals surface area contributed by atoms with E-state index in [4.69, 9.17) is 0 Å². The Balaban J connectivity index is 1.72. The van der Waals surface area contributed by atoms with Crippen LogP contribution in [-0.4, -0.2) is 21.7 Å². The Labute approximate surface area is 157 Å². The third-order valence-electron chi connectivity index (χ3n) is 4.16. The number of nitrogens with one attached hydrogen (secondary N) is 2. The number of rotatable bonds is 5. The van der Waals surface area contributed by atoms with Crippen molar-refractivity contribution in [3.8, 4) is 0 Å². The minimum absolute atomic E-state index is 0.0157. The van der Waals surface area contributed by atoms with Crippen LogP contribution in [0.25, 0.3) is 0 Å². The Morgan fingerprint density at radius 3 is 2.15 bits per heavy atom. The fraction of sp³-hybridized carbons (Fsp3) is 0.143. The van der Waals surface area contributed by atoms with Crippen molar-refractivity contribution in [2.24, 2.45) is 0 Å². The number of carbonyl (C=O) groups is 2. The molecule has 0 aliphatic carbocycles. The molecule has 2 aromatic carbocycles. The van der Waals surface area contributed by atoms with E-state index in [1.165, 1.54) is 19.3 Å². The van der Waals surface area contributed by atoms with E-state index >= 15 is 0 Å². The van der Waals surface area contributed by atoms with Gasteiger partial charge in [-0.15, -0.1) is 0 Å². The Kier molecular flexibility index (Phi) is 5.26. The predicted molar refractivity (Wildman–Crippen MR) is 106 cm³/mol. The molecule has 0 saturated carbocycles. The molecule has 0 aliphatic rings. The molecule has 0 spiro atoms. The number of aromatic nitrogens is 2. The molecule has 0 radical (unpaired) electrons. The van der Waals surface area contributed by atoms with Gasteiger partial charge in [0.05, 0.1) is 5.56 Å². The number of benzene rings is 2. The number of Topliss-reactive ketones (excluding diaryl/α,β-unsaturated/α-hetero) is 1. The van der Waals surface area contributed by atoms with Crippen LogP contribution in [0.1, 0.15) is 38.8 Å². The van der Waals surface area contributed by atoms with Crippen molar-refractivity contribution >= 4 is 29.0 Å². The number of anilines is 3. The zero-order valence-electron chi connectivity index (χ0n) is 15.4. The third-order valence-corrected chi connectivity index (χ3v) is 4.16. The fourth-order valence-electron chi connectivity index (χ4n) is 2.65. The number of aryl methyl sites for hydroxylation is 2. The van der Waals surface area contributed by atoms with E-state index < -0.39 is 0 Å². The average molecular weight is 360 g/mol. The van der Waals surface area contributed by atoms with Gasteiger partial charge in [0.25, 0.3) is 5.91 Å². The molecule has 1 amide bonds. The van der Waals surface area contributed by atoms with Crippen LogP contribution in [0, 0.1) is 13.8 Å². The first-order valence-corrected chi connectivity index (χ1v) is 8.51. The van der Waals surface area contributed by atoms with Gasteiger partial charge >= 0.3 is 0 Å². The van der Waals surface area contributed by atoms with E-state index in [0.717, 1.165) is 16.8 Å². The number of ketones is 1. The molecule has 27 heavy (non-hydrogen) atoms. The normalized spacial score (nSPS) is 10.3. The second kappa shape index (κ2) is 7.78. The van der Waals surface area contributed by atoms with Gasteiger partial charge in [-0.3, -0.25) is 9.59 Å². The van der Waals surface area contributed by atoms with E-state index in [1.807, 2.05) is 38.1 Å². The lowest BCUT2D eigenvalue weighted by molar-refractivity contribution is 0.101. The molecule has 0 aliphatic heterocycles. The number of amides is 1. The maximum atomic E-state index is 12.5. The van der Waals surface area contributed by atoms with Crippen molar-refractivity contribution in [3.63, 3.8) is 0 Å². The second-order valence-electron chi connectivity index (χ2n) is 6.28. The molecule has 136 valence electrons. The molecule has 3 rings (SSSR count). The Hall–Kier alpha value is -3.54.